The highest BCUT2D eigenvalue weighted by molar-refractivity contribution is 7.91. The summed E-state index contributed by atoms with van der Waals surface area (Å²) >= 11 is 0. The highest BCUT2D eigenvalue weighted by atomic mass is 32.2. The van der Waals surface area contributed by atoms with Crippen LogP contribution in [-0.2, 0) is 14.6 Å². The van der Waals surface area contributed by atoms with Crippen LogP contribution in [0, 0.1) is 13.8 Å². The molecule has 1 rings (SSSR count). The van der Waals surface area contributed by atoms with Gasteiger partial charge in [0.05, 0.1) is 18.4 Å². The molecule has 0 aliphatic rings. The number of benzene rings is 1. The van der Waals surface area contributed by atoms with Crippen molar-refractivity contribution in [3.8, 4) is 5.75 Å². The van der Waals surface area contributed by atoms with Crippen LogP contribution in [0.2, 0.25) is 0 Å². The quantitative estimate of drug-likeness (QED) is 0.820. The number of rotatable bonds is 7. The van der Waals surface area contributed by atoms with E-state index in [1.54, 1.807) is 33.0 Å². The maximum Gasteiger partial charge on any atom is 0.304 e. The molecule has 21 heavy (non-hydrogen) atoms. The third-order valence-corrected chi connectivity index (χ3v) is 5.12. The molecule has 118 valence electrons. The molecule has 0 spiro atoms. The van der Waals surface area contributed by atoms with Gasteiger partial charge in [0.1, 0.15) is 11.6 Å². The van der Waals surface area contributed by atoms with Crippen LogP contribution in [0.4, 0.5) is 0 Å². The van der Waals surface area contributed by atoms with Crippen molar-refractivity contribution < 1.29 is 23.1 Å². The van der Waals surface area contributed by atoms with Gasteiger partial charge < -0.3 is 9.84 Å². The second-order valence-electron chi connectivity index (χ2n) is 5.06. The predicted molar refractivity (Wildman–Crippen MR) is 79.4 cm³/mol. The summed E-state index contributed by atoms with van der Waals surface area (Å²) in [4.78, 5) is 12.3. The summed E-state index contributed by atoms with van der Waals surface area (Å²) in [6.45, 7) is 3.63. The molecule has 0 aromatic heterocycles. The van der Waals surface area contributed by atoms with E-state index in [2.05, 4.69) is 0 Å². The molecular formula is C14H21NO5S. The normalized spacial score (nSPS) is 11.7. The van der Waals surface area contributed by atoms with E-state index in [1.807, 2.05) is 0 Å². The van der Waals surface area contributed by atoms with Gasteiger partial charge in [-0.05, 0) is 44.2 Å². The van der Waals surface area contributed by atoms with Crippen LogP contribution in [-0.4, -0.2) is 51.0 Å². The summed E-state index contributed by atoms with van der Waals surface area (Å²) in [7, 11) is -0.395. The number of methoxy groups -OCH3 is 1. The average molecular weight is 315 g/mol. The summed E-state index contributed by atoms with van der Waals surface area (Å²) in [5.74, 6) is -0.548. The smallest absolute Gasteiger partial charge is 0.304 e. The van der Waals surface area contributed by atoms with Crippen molar-refractivity contribution in [3.63, 3.8) is 0 Å². The highest BCUT2D eigenvalue weighted by Crippen LogP contribution is 2.26. The molecule has 0 bridgehead atoms. The molecule has 0 unspecified atom stereocenters. The Morgan fingerprint density at radius 1 is 1.29 bits per heavy atom. The van der Waals surface area contributed by atoms with E-state index in [0.717, 1.165) is 0 Å². The van der Waals surface area contributed by atoms with Gasteiger partial charge in [-0.3, -0.25) is 9.69 Å². The summed E-state index contributed by atoms with van der Waals surface area (Å²) in [5, 5.41) is 8.63. The van der Waals surface area contributed by atoms with Crippen molar-refractivity contribution >= 4 is 15.8 Å². The molecule has 0 aliphatic heterocycles. The first-order valence-electron chi connectivity index (χ1n) is 6.45. The van der Waals surface area contributed by atoms with Gasteiger partial charge in [-0.15, -0.1) is 0 Å². The standard InChI is InChI=1S/C14H21NO5S/c1-10-7-12(20-4)8-11(2)14(10)21(18,19)9-15(3)6-5-13(16)17/h7-8H,5-6,9H2,1-4H3,(H,16,17). The lowest BCUT2D eigenvalue weighted by Gasteiger charge is -2.18. The van der Waals surface area contributed by atoms with Crippen molar-refractivity contribution in [2.24, 2.45) is 0 Å². The van der Waals surface area contributed by atoms with Crippen LogP contribution in [0.15, 0.2) is 17.0 Å². The minimum Gasteiger partial charge on any atom is -0.497 e. The predicted octanol–water partition coefficient (Wildman–Crippen LogP) is 1.45. The van der Waals surface area contributed by atoms with E-state index in [4.69, 9.17) is 9.84 Å². The minimum absolute atomic E-state index is 0.0907. The number of aliphatic carboxylic acids is 1. The van der Waals surface area contributed by atoms with Crippen molar-refractivity contribution in [3.05, 3.63) is 23.3 Å². The number of carboxylic acid groups (broad SMARTS) is 1. The Morgan fingerprint density at radius 2 is 1.81 bits per heavy atom. The molecular weight excluding hydrogens is 294 g/mol. The molecule has 1 N–H and O–H groups in total. The average Bonchev–Trinajstić information content (AvgIpc) is 2.34. The first kappa shape index (κ1) is 17.5. The van der Waals surface area contributed by atoms with Crippen molar-refractivity contribution in [2.45, 2.75) is 25.2 Å². The Morgan fingerprint density at radius 3 is 2.24 bits per heavy atom. The Hall–Kier alpha value is -1.60. The van der Waals surface area contributed by atoms with E-state index in [0.29, 0.717) is 16.9 Å². The highest BCUT2D eigenvalue weighted by Gasteiger charge is 2.22. The van der Waals surface area contributed by atoms with Crippen LogP contribution in [0.3, 0.4) is 0 Å². The number of hydrogen-bond acceptors (Lipinski definition) is 5. The maximum absolute atomic E-state index is 12.5. The molecule has 0 saturated carbocycles. The van der Waals surface area contributed by atoms with Gasteiger partial charge in [-0.1, -0.05) is 0 Å². The Kier molecular flexibility index (Phi) is 5.74. The Balaban J connectivity index is 3.00. The third kappa shape index (κ3) is 4.71. The molecule has 7 heteroatoms. The van der Waals surface area contributed by atoms with Crippen molar-refractivity contribution in [1.82, 2.24) is 4.90 Å². The van der Waals surface area contributed by atoms with Gasteiger partial charge in [0.15, 0.2) is 9.84 Å². The van der Waals surface area contributed by atoms with Gasteiger partial charge in [-0.2, -0.15) is 0 Å². The number of carboxylic acids is 1. The fraction of sp³-hybridized carbons (Fsp3) is 0.500. The van der Waals surface area contributed by atoms with Crippen LogP contribution >= 0.6 is 0 Å². The topological polar surface area (TPSA) is 83.9 Å². The second-order valence-corrected chi connectivity index (χ2v) is 6.95. The second kappa shape index (κ2) is 6.91. The van der Waals surface area contributed by atoms with Crippen molar-refractivity contribution in [1.29, 1.82) is 0 Å². The molecule has 0 fully saturated rings. The van der Waals surface area contributed by atoms with Crippen LogP contribution in [0.5, 0.6) is 5.75 Å². The maximum atomic E-state index is 12.5. The monoisotopic (exact) mass is 315 g/mol. The Labute approximate surface area is 125 Å². The number of hydrogen-bond donors (Lipinski definition) is 1. The SMILES string of the molecule is COc1cc(C)c(S(=O)(=O)CN(C)CCC(=O)O)c(C)c1. The largest absolute Gasteiger partial charge is 0.497 e. The molecule has 0 heterocycles. The van der Waals surface area contributed by atoms with Gasteiger partial charge >= 0.3 is 5.97 Å². The van der Waals surface area contributed by atoms with Gasteiger partial charge in [0.2, 0.25) is 0 Å². The van der Waals surface area contributed by atoms with Gasteiger partial charge in [-0.25, -0.2) is 8.42 Å². The number of sulfone groups is 1. The first-order chi connectivity index (χ1) is 9.67. The molecule has 0 saturated heterocycles. The summed E-state index contributed by atoms with van der Waals surface area (Å²) in [6.07, 6.45) is -0.0907. The molecule has 0 atom stereocenters. The fourth-order valence-corrected chi connectivity index (χ4v) is 4.16. The summed E-state index contributed by atoms with van der Waals surface area (Å²) < 4.78 is 30.1. The zero-order valence-corrected chi connectivity index (χ0v) is 13.5. The molecule has 1 aromatic carbocycles. The molecule has 1 aromatic rings. The zero-order valence-electron chi connectivity index (χ0n) is 12.7. The van der Waals surface area contributed by atoms with Crippen LogP contribution < -0.4 is 4.74 Å². The first-order valence-corrected chi connectivity index (χ1v) is 8.11. The van der Waals surface area contributed by atoms with Gasteiger partial charge in [0, 0.05) is 6.54 Å². The Bertz CT molecular complexity index is 601. The number of carbonyl (C=O) groups is 1. The van der Waals surface area contributed by atoms with Crippen molar-refractivity contribution in [2.75, 3.05) is 26.6 Å². The lowest BCUT2D eigenvalue weighted by molar-refractivity contribution is -0.137. The van der Waals surface area contributed by atoms with Crippen LogP contribution in [0.25, 0.3) is 0 Å². The van der Waals surface area contributed by atoms with E-state index in [9.17, 15) is 13.2 Å². The van der Waals surface area contributed by atoms with E-state index >= 15 is 0 Å². The molecule has 6 nitrogen and oxygen atoms in total. The lowest BCUT2D eigenvalue weighted by atomic mass is 10.1. The number of ether oxygens (including phenoxy) is 1. The summed E-state index contributed by atoms with van der Waals surface area (Å²) in [6, 6.07) is 3.36. The van der Waals surface area contributed by atoms with Gasteiger partial charge in [0.25, 0.3) is 0 Å². The molecule has 0 amide bonds. The van der Waals surface area contributed by atoms with E-state index in [1.165, 1.54) is 12.0 Å². The third-order valence-electron chi connectivity index (χ3n) is 3.08. The van der Waals surface area contributed by atoms with E-state index in [-0.39, 0.29) is 23.7 Å². The van der Waals surface area contributed by atoms with Crippen LogP contribution in [0.1, 0.15) is 17.5 Å². The molecule has 0 radical (unpaired) electrons. The summed E-state index contributed by atoms with van der Waals surface area (Å²) in [5.41, 5.74) is 1.25. The molecule has 0 aliphatic carbocycles. The number of aryl methyl sites for hydroxylation is 2. The fourth-order valence-electron chi connectivity index (χ4n) is 2.22. The minimum atomic E-state index is -3.52. The van der Waals surface area contributed by atoms with E-state index < -0.39 is 15.8 Å². The number of nitrogens with zero attached hydrogens (tertiary/aromatic N) is 1. The lowest BCUT2D eigenvalue weighted by Crippen LogP contribution is -2.29. The zero-order chi connectivity index (χ0) is 16.2.